The average Bonchev–Trinajstić information content (AvgIpc) is 3.32. The molecule has 5 rings (SSSR count). The van der Waals surface area contributed by atoms with E-state index in [4.69, 9.17) is 4.74 Å². The summed E-state index contributed by atoms with van der Waals surface area (Å²) in [6.07, 6.45) is -11.0. The van der Waals surface area contributed by atoms with Gasteiger partial charge in [-0.15, -0.1) is 0 Å². The van der Waals surface area contributed by atoms with Crippen molar-refractivity contribution in [2.45, 2.75) is 50.4 Å². The number of imide groups is 1. The molecule has 0 spiro atoms. The number of alkyl halides is 6. The fourth-order valence-corrected chi connectivity index (χ4v) is 6.62. The molecule has 210 valence electrons. The summed E-state index contributed by atoms with van der Waals surface area (Å²) in [6, 6.07) is 5.19. The van der Waals surface area contributed by atoms with Gasteiger partial charge in [0.25, 0.3) is 0 Å². The summed E-state index contributed by atoms with van der Waals surface area (Å²) >= 11 is 3.30. The van der Waals surface area contributed by atoms with Gasteiger partial charge in [-0.05, 0) is 55.7 Å². The van der Waals surface area contributed by atoms with Gasteiger partial charge in [0.15, 0.2) is 5.79 Å². The molecular formula is C26H22BrF6NO5. The predicted molar refractivity (Wildman–Crippen MR) is 127 cm³/mol. The predicted octanol–water partition coefficient (Wildman–Crippen LogP) is 6.19. The Kier molecular flexibility index (Phi) is 6.58. The van der Waals surface area contributed by atoms with Gasteiger partial charge in [0.05, 0.1) is 34.8 Å². The number of nitrogens with zero attached hydrogens (tertiary/aromatic N) is 1. The van der Waals surface area contributed by atoms with Crippen molar-refractivity contribution in [2.24, 2.45) is 23.7 Å². The molecule has 2 heterocycles. The van der Waals surface area contributed by atoms with Gasteiger partial charge in [-0.2, -0.15) is 26.3 Å². The number of ether oxygens (including phenoxy) is 1. The topological polar surface area (TPSA) is 87.1 Å². The Hall–Kier alpha value is -2.64. The van der Waals surface area contributed by atoms with Gasteiger partial charge >= 0.3 is 12.4 Å². The van der Waals surface area contributed by atoms with Gasteiger partial charge < -0.3 is 14.9 Å². The molecule has 1 saturated carbocycles. The molecule has 13 heteroatoms. The van der Waals surface area contributed by atoms with Gasteiger partial charge in [-0.3, -0.25) is 14.5 Å². The normalized spacial score (nSPS) is 31.0. The number of fused-ring (bicyclic) bond motifs is 3. The van der Waals surface area contributed by atoms with E-state index < -0.39 is 76.5 Å². The van der Waals surface area contributed by atoms with Crippen molar-refractivity contribution >= 4 is 33.4 Å². The van der Waals surface area contributed by atoms with Crippen molar-refractivity contribution in [3.05, 3.63) is 57.6 Å². The molecule has 2 aromatic carbocycles. The minimum atomic E-state index is -5.17. The Labute approximate surface area is 226 Å². The molecule has 3 fully saturated rings. The first kappa shape index (κ1) is 27.9. The van der Waals surface area contributed by atoms with Crippen LogP contribution in [0.3, 0.4) is 0 Å². The van der Waals surface area contributed by atoms with Crippen LogP contribution in [0.1, 0.15) is 49.0 Å². The van der Waals surface area contributed by atoms with Gasteiger partial charge in [0.1, 0.15) is 5.75 Å². The maximum Gasteiger partial charge on any atom is 0.416 e. The molecule has 0 unspecified atom stereocenters. The lowest BCUT2D eigenvalue weighted by molar-refractivity contribution is -0.269. The van der Waals surface area contributed by atoms with E-state index in [2.05, 4.69) is 15.9 Å². The second-order valence-electron chi connectivity index (χ2n) is 10.2. The van der Waals surface area contributed by atoms with E-state index in [9.17, 15) is 46.1 Å². The number of rotatable bonds is 3. The molecule has 2 aliphatic heterocycles. The SMILES string of the molecule is CC[C@H]1C[C@@H]2C(=O)N(c3cc(C(F)(F)F)cc(C(F)(F)F)c3)C(=O)[C@@H]2[C@@H]2C[C@@H](c3cc(Br)ccc3O)O[C@]12O. The quantitative estimate of drug-likeness (QED) is 0.315. The van der Waals surface area contributed by atoms with Gasteiger partial charge in [0, 0.05) is 21.9 Å². The lowest BCUT2D eigenvalue weighted by Crippen LogP contribution is -2.53. The largest absolute Gasteiger partial charge is 0.508 e. The van der Waals surface area contributed by atoms with E-state index in [1.165, 1.54) is 6.07 Å². The fourth-order valence-electron chi connectivity index (χ4n) is 6.25. The summed E-state index contributed by atoms with van der Waals surface area (Å²) in [7, 11) is 0. The monoisotopic (exact) mass is 621 g/mol. The van der Waals surface area contributed by atoms with Gasteiger partial charge in [0.2, 0.25) is 11.8 Å². The first-order chi connectivity index (χ1) is 18.1. The van der Waals surface area contributed by atoms with E-state index in [1.54, 1.807) is 19.1 Å². The number of phenols is 1. The zero-order chi connectivity index (χ0) is 28.7. The number of carbonyl (C=O) groups excluding carboxylic acids is 2. The van der Waals surface area contributed by atoms with Gasteiger partial charge in [-0.1, -0.05) is 22.9 Å². The van der Waals surface area contributed by atoms with Crippen LogP contribution in [0.4, 0.5) is 32.0 Å². The van der Waals surface area contributed by atoms with Crippen LogP contribution in [0.2, 0.25) is 0 Å². The van der Waals surface area contributed by atoms with Crippen LogP contribution in [-0.4, -0.2) is 27.8 Å². The fraction of sp³-hybridized carbons (Fsp3) is 0.462. The lowest BCUT2D eigenvalue weighted by atomic mass is 9.64. The number of benzene rings is 2. The molecule has 6 atom stereocenters. The Morgan fingerprint density at radius 2 is 1.62 bits per heavy atom. The highest BCUT2D eigenvalue weighted by Gasteiger charge is 2.66. The average molecular weight is 622 g/mol. The molecule has 0 radical (unpaired) electrons. The number of aliphatic hydroxyl groups is 1. The third kappa shape index (κ3) is 4.51. The third-order valence-corrected chi connectivity index (χ3v) is 8.52. The first-order valence-electron chi connectivity index (χ1n) is 12.1. The summed E-state index contributed by atoms with van der Waals surface area (Å²) in [6.45, 7) is 1.73. The maximum atomic E-state index is 13.6. The molecule has 2 amide bonds. The van der Waals surface area contributed by atoms with Crippen LogP contribution < -0.4 is 4.90 Å². The van der Waals surface area contributed by atoms with Crippen LogP contribution in [0.25, 0.3) is 0 Å². The minimum absolute atomic E-state index is 0.0125. The smallest absolute Gasteiger partial charge is 0.416 e. The molecular weight excluding hydrogens is 600 g/mol. The summed E-state index contributed by atoms with van der Waals surface area (Å²) in [5, 5.41) is 22.1. The summed E-state index contributed by atoms with van der Waals surface area (Å²) in [4.78, 5) is 27.5. The van der Waals surface area contributed by atoms with E-state index in [1.807, 2.05) is 0 Å². The molecule has 6 nitrogen and oxygen atoms in total. The Morgan fingerprint density at radius 1 is 1.00 bits per heavy atom. The van der Waals surface area contributed by atoms with Crippen LogP contribution in [-0.2, 0) is 26.7 Å². The molecule has 0 aromatic heterocycles. The number of amides is 2. The van der Waals surface area contributed by atoms with Crippen molar-refractivity contribution < 1.29 is 50.9 Å². The lowest BCUT2D eigenvalue weighted by Gasteiger charge is -2.44. The number of phenolic OH excluding ortho intramolecular Hbond substituents is 1. The molecule has 39 heavy (non-hydrogen) atoms. The van der Waals surface area contributed by atoms with E-state index in [0.29, 0.717) is 33.5 Å². The maximum absolute atomic E-state index is 13.6. The highest BCUT2D eigenvalue weighted by molar-refractivity contribution is 9.10. The number of halogens is 7. The standard InChI is InChI=1S/C26H22BrF6NO5/c1-2-11-8-17-21(18-10-20(39-24(11,18)38)16-9-14(27)3-4-19(16)35)23(37)34(22(17)36)15-6-12(25(28,29)30)5-13(7-15)26(31,32)33/h3-7,9,11,17-18,20-21,35,38H,2,8,10H2,1H3/t11-,17-,18-,20-,21-,24+/m0/s1. The van der Waals surface area contributed by atoms with Crippen molar-refractivity contribution in [1.82, 2.24) is 0 Å². The number of aromatic hydroxyl groups is 1. The van der Waals surface area contributed by atoms with Crippen LogP contribution >= 0.6 is 15.9 Å². The molecule has 2 N–H and O–H groups in total. The molecule has 0 bridgehead atoms. The summed E-state index contributed by atoms with van der Waals surface area (Å²) in [5.41, 5.74) is -3.82. The van der Waals surface area contributed by atoms with E-state index >= 15 is 0 Å². The van der Waals surface area contributed by atoms with Crippen molar-refractivity contribution in [2.75, 3.05) is 4.90 Å². The van der Waals surface area contributed by atoms with Crippen molar-refractivity contribution in [3.8, 4) is 5.75 Å². The van der Waals surface area contributed by atoms with E-state index in [-0.39, 0.29) is 24.7 Å². The molecule has 3 aliphatic rings. The first-order valence-corrected chi connectivity index (χ1v) is 12.9. The summed E-state index contributed by atoms with van der Waals surface area (Å²) in [5.74, 6) is -7.94. The Balaban J connectivity index is 1.57. The van der Waals surface area contributed by atoms with Crippen LogP contribution in [0.15, 0.2) is 40.9 Å². The molecule has 2 saturated heterocycles. The second-order valence-corrected chi connectivity index (χ2v) is 11.1. The zero-order valence-corrected chi connectivity index (χ0v) is 21.8. The number of hydrogen-bond donors (Lipinski definition) is 2. The highest BCUT2D eigenvalue weighted by Crippen LogP contribution is 2.60. The number of hydrogen-bond acceptors (Lipinski definition) is 5. The second kappa shape index (κ2) is 9.20. The number of carbonyl (C=O) groups is 2. The van der Waals surface area contributed by atoms with Crippen LogP contribution in [0.5, 0.6) is 5.75 Å². The van der Waals surface area contributed by atoms with Crippen LogP contribution in [0, 0.1) is 23.7 Å². The molecule has 1 aliphatic carbocycles. The molecule has 2 aromatic rings. The van der Waals surface area contributed by atoms with Crippen molar-refractivity contribution in [3.63, 3.8) is 0 Å². The van der Waals surface area contributed by atoms with Gasteiger partial charge in [-0.25, -0.2) is 0 Å². The van der Waals surface area contributed by atoms with E-state index in [0.717, 1.165) is 0 Å². The third-order valence-electron chi connectivity index (χ3n) is 8.02. The minimum Gasteiger partial charge on any atom is -0.508 e. The number of anilines is 1. The Bertz CT molecular complexity index is 1310. The van der Waals surface area contributed by atoms with Crippen molar-refractivity contribution in [1.29, 1.82) is 0 Å². The highest BCUT2D eigenvalue weighted by atomic mass is 79.9. The zero-order valence-electron chi connectivity index (χ0n) is 20.2. The summed E-state index contributed by atoms with van der Waals surface area (Å²) < 4.78 is 87.5. The Morgan fingerprint density at radius 3 is 2.18 bits per heavy atom.